The molecule has 3 aromatic carbocycles. The number of hydrogen-bond acceptors (Lipinski definition) is 4. The molecule has 1 aliphatic rings. The van der Waals surface area contributed by atoms with E-state index in [0.717, 1.165) is 11.6 Å². The number of benzene rings is 3. The van der Waals surface area contributed by atoms with Crippen molar-refractivity contribution in [2.24, 2.45) is 0 Å². The maximum atomic E-state index is 14.0. The van der Waals surface area contributed by atoms with Crippen molar-refractivity contribution in [2.45, 2.75) is 6.04 Å². The molecule has 1 heterocycles. The summed E-state index contributed by atoms with van der Waals surface area (Å²) in [5, 5.41) is -0.0775. The Balaban J connectivity index is 1.59. The first kappa shape index (κ1) is 19.9. The summed E-state index contributed by atoms with van der Waals surface area (Å²) in [5.41, 5.74) is 1.06. The van der Waals surface area contributed by atoms with Crippen molar-refractivity contribution in [1.82, 2.24) is 0 Å². The van der Waals surface area contributed by atoms with E-state index in [1.807, 2.05) is 36.4 Å². The first-order valence-electron chi connectivity index (χ1n) is 9.26. The zero-order valence-corrected chi connectivity index (χ0v) is 16.5. The number of hydrogen-bond donors (Lipinski definition) is 0. The van der Waals surface area contributed by atoms with Crippen LogP contribution in [0, 0.1) is 5.82 Å². The molecule has 0 spiro atoms. The summed E-state index contributed by atoms with van der Waals surface area (Å²) in [6.07, 6.45) is 0. The predicted molar refractivity (Wildman–Crippen MR) is 110 cm³/mol. The zero-order valence-electron chi connectivity index (χ0n) is 15.8. The van der Waals surface area contributed by atoms with E-state index < -0.39 is 35.9 Å². The van der Waals surface area contributed by atoms with Gasteiger partial charge in [0.05, 0.1) is 16.8 Å². The summed E-state index contributed by atoms with van der Waals surface area (Å²) in [7, 11) is 0. The Morgan fingerprint density at radius 1 is 1.03 bits per heavy atom. The molecule has 0 aromatic heterocycles. The molecule has 0 radical (unpaired) electrons. The molecular weight excluding hydrogens is 409 g/mol. The summed E-state index contributed by atoms with van der Waals surface area (Å²) < 4.78 is 24.9. The smallest absolute Gasteiger partial charge is 0.343 e. The minimum absolute atomic E-state index is 0.0775. The zero-order chi connectivity index (χ0) is 21.1. The van der Waals surface area contributed by atoms with Crippen LogP contribution in [-0.2, 0) is 9.53 Å². The quantitative estimate of drug-likeness (QED) is 0.563. The van der Waals surface area contributed by atoms with Gasteiger partial charge < -0.3 is 9.47 Å². The van der Waals surface area contributed by atoms with Crippen molar-refractivity contribution in [2.75, 3.05) is 18.1 Å². The summed E-state index contributed by atoms with van der Waals surface area (Å²) in [5.74, 6) is -1.70. The summed E-state index contributed by atoms with van der Waals surface area (Å²) in [6.45, 7) is -0.318. The Morgan fingerprint density at radius 3 is 2.53 bits per heavy atom. The molecule has 7 heteroatoms. The van der Waals surface area contributed by atoms with Crippen LogP contribution in [0.25, 0.3) is 0 Å². The van der Waals surface area contributed by atoms with Gasteiger partial charge in [0.15, 0.2) is 6.61 Å². The number of carbonyl (C=O) groups excluding carboxylic acids is 2. The van der Waals surface area contributed by atoms with Crippen molar-refractivity contribution >= 4 is 29.2 Å². The number of nitrogens with zero attached hydrogens (tertiary/aromatic N) is 1. The molecule has 0 N–H and O–H groups in total. The molecule has 0 saturated carbocycles. The highest BCUT2D eigenvalue weighted by Gasteiger charge is 2.34. The highest BCUT2D eigenvalue weighted by atomic mass is 35.5. The fraction of sp³-hybridized carbons (Fsp3) is 0.130. The third-order valence-corrected chi connectivity index (χ3v) is 5.09. The fourth-order valence-corrected chi connectivity index (χ4v) is 3.62. The second-order valence-corrected chi connectivity index (χ2v) is 7.05. The lowest BCUT2D eigenvalue weighted by Crippen LogP contribution is -2.43. The molecule has 0 fully saturated rings. The number of esters is 1. The Hall–Kier alpha value is -3.38. The van der Waals surface area contributed by atoms with Gasteiger partial charge in [0.25, 0.3) is 5.91 Å². The van der Waals surface area contributed by atoms with Crippen LogP contribution < -0.4 is 9.64 Å². The highest BCUT2D eigenvalue weighted by Crippen LogP contribution is 2.39. The summed E-state index contributed by atoms with van der Waals surface area (Å²) >= 11 is 5.91. The summed E-state index contributed by atoms with van der Waals surface area (Å²) in [6, 6.07) is 20.0. The number of halogens is 2. The molecule has 1 aliphatic heterocycles. The lowest BCUT2D eigenvalue weighted by molar-refractivity contribution is -0.122. The van der Waals surface area contributed by atoms with E-state index in [1.54, 1.807) is 23.1 Å². The van der Waals surface area contributed by atoms with E-state index in [0.29, 0.717) is 11.4 Å². The van der Waals surface area contributed by atoms with E-state index >= 15 is 0 Å². The molecule has 1 unspecified atom stereocenters. The molecule has 1 atom stereocenters. The SMILES string of the molecule is O=C(OCC(=O)N1c2ccccc2OCC1c1ccccc1)c1c(F)cccc1Cl. The van der Waals surface area contributed by atoms with Crippen LogP contribution in [0.5, 0.6) is 5.75 Å². The second-order valence-electron chi connectivity index (χ2n) is 6.64. The van der Waals surface area contributed by atoms with Gasteiger partial charge in [-0.15, -0.1) is 0 Å². The van der Waals surface area contributed by atoms with Crippen LogP contribution in [0.2, 0.25) is 5.02 Å². The Bertz CT molecular complexity index is 1070. The van der Waals surface area contributed by atoms with Crippen LogP contribution in [0.4, 0.5) is 10.1 Å². The van der Waals surface area contributed by atoms with Gasteiger partial charge in [-0.2, -0.15) is 0 Å². The number of carbonyl (C=O) groups is 2. The van der Waals surface area contributed by atoms with E-state index in [-0.39, 0.29) is 11.6 Å². The molecule has 152 valence electrons. The van der Waals surface area contributed by atoms with Gasteiger partial charge in [0.2, 0.25) is 0 Å². The number of fused-ring (bicyclic) bond motifs is 1. The third-order valence-electron chi connectivity index (χ3n) is 4.78. The van der Waals surface area contributed by atoms with Crippen molar-refractivity contribution in [3.63, 3.8) is 0 Å². The molecule has 4 rings (SSSR count). The largest absolute Gasteiger partial charge is 0.489 e. The van der Waals surface area contributed by atoms with E-state index in [1.165, 1.54) is 12.1 Å². The molecular formula is C23H17ClFNO4. The average Bonchev–Trinajstić information content (AvgIpc) is 2.77. The molecule has 5 nitrogen and oxygen atoms in total. The minimum Gasteiger partial charge on any atom is -0.489 e. The maximum Gasteiger partial charge on any atom is 0.343 e. The lowest BCUT2D eigenvalue weighted by Gasteiger charge is -2.37. The topological polar surface area (TPSA) is 55.8 Å². The Kier molecular flexibility index (Phi) is 5.68. The molecule has 1 amide bonds. The van der Waals surface area contributed by atoms with Crippen LogP contribution in [0.15, 0.2) is 72.8 Å². The number of amides is 1. The number of para-hydroxylation sites is 2. The van der Waals surface area contributed by atoms with Crippen LogP contribution in [0.1, 0.15) is 22.0 Å². The first-order chi connectivity index (χ1) is 14.6. The first-order valence-corrected chi connectivity index (χ1v) is 9.64. The van der Waals surface area contributed by atoms with Crippen molar-refractivity contribution in [3.8, 4) is 5.75 Å². The minimum atomic E-state index is -0.996. The standard InChI is InChI=1S/C23H17ClFNO4/c24-16-9-6-10-17(25)22(16)23(28)30-14-21(27)26-18-11-4-5-12-20(18)29-13-19(26)15-7-2-1-3-8-15/h1-12,19H,13-14H2. The highest BCUT2D eigenvalue weighted by molar-refractivity contribution is 6.33. The lowest BCUT2D eigenvalue weighted by atomic mass is 10.0. The monoisotopic (exact) mass is 425 g/mol. The van der Waals surface area contributed by atoms with Gasteiger partial charge in [0, 0.05) is 0 Å². The van der Waals surface area contributed by atoms with E-state index in [4.69, 9.17) is 21.1 Å². The number of anilines is 1. The van der Waals surface area contributed by atoms with Crippen molar-refractivity contribution < 1.29 is 23.5 Å². The van der Waals surface area contributed by atoms with Crippen LogP contribution >= 0.6 is 11.6 Å². The maximum absolute atomic E-state index is 14.0. The van der Waals surface area contributed by atoms with Gasteiger partial charge in [-0.25, -0.2) is 9.18 Å². The van der Waals surface area contributed by atoms with Gasteiger partial charge in [-0.05, 0) is 29.8 Å². The van der Waals surface area contributed by atoms with Crippen molar-refractivity contribution in [1.29, 1.82) is 0 Å². The second kappa shape index (κ2) is 8.55. The fourth-order valence-electron chi connectivity index (χ4n) is 3.38. The number of ether oxygens (including phenoxy) is 2. The summed E-state index contributed by atoms with van der Waals surface area (Å²) in [4.78, 5) is 27.0. The molecule has 0 aliphatic carbocycles. The molecule has 0 bridgehead atoms. The van der Waals surface area contributed by atoms with Gasteiger partial charge >= 0.3 is 5.97 Å². The van der Waals surface area contributed by atoms with E-state index in [9.17, 15) is 14.0 Å². The molecule has 0 saturated heterocycles. The normalized spacial score (nSPS) is 15.1. The Labute approximate surface area is 177 Å². The van der Waals surface area contributed by atoms with E-state index in [2.05, 4.69) is 0 Å². The molecule has 3 aromatic rings. The molecule has 30 heavy (non-hydrogen) atoms. The Morgan fingerprint density at radius 2 is 1.77 bits per heavy atom. The van der Waals surface area contributed by atoms with Crippen LogP contribution in [0.3, 0.4) is 0 Å². The predicted octanol–water partition coefficient (Wildman–Crippen LogP) is 4.80. The van der Waals surface area contributed by atoms with Crippen molar-refractivity contribution in [3.05, 3.63) is 94.8 Å². The number of rotatable bonds is 4. The van der Waals surface area contributed by atoms with Gasteiger partial charge in [0.1, 0.15) is 23.7 Å². The van der Waals surface area contributed by atoms with Gasteiger partial charge in [-0.1, -0.05) is 60.1 Å². The van der Waals surface area contributed by atoms with Crippen LogP contribution in [-0.4, -0.2) is 25.1 Å². The third kappa shape index (κ3) is 3.86. The average molecular weight is 426 g/mol. The van der Waals surface area contributed by atoms with Gasteiger partial charge in [-0.3, -0.25) is 9.69 Å².